The first-order valence-electron chi connectivity index (χ1n) is 9.61. The van der Waals surface area contributed by atoms with Crippen LogP contribution in [0.5, 0.6) is 5.75 Å². The van der Waals surface area contributed by atoms with Gasteiger partial charge in [-0.05, 0) is 24.5 Å². The van der Waals surface area contributed by atoms with Crippen LogP contribution in [0, 0.1) is 5.92 Å². The molecule has 0 aromatic heterocycles. The van der Waals surface area contributed by atoms with Crippen molar-refractivity contribution in [2.75, 3.05) is 38.2 Å². The first-order chi connectivity index (χ1) is 12.2. The molecule has 2 aliphatic rings. The molecule has 1 aromatic carbocycles. The summed E-state index contributed by atoms with van der Waals surface area (Å²) >= 11 is 0. The number of hydrogen-bond donors (Lipinski definition) is 1. The van der Waals surface area contributed by atoms with Crippen molar-refractivity contribution in [3.8, 4) is 5.75 Å². The van der Waals surface area contributed by atoms with Crippen LogP contribution in [0.3, 0.4) is 0 Å². The fourth-order valence-electron chi connectivity index (χ4n) is 4.18. The van der Waals surface area contributed by atoms with Gasteiger partial charge in [-0.15, -0.1) is 12.4 Å². The van der Waals surface area contributed by atoms with Gasteiger partial charge in [-0.3, -0.25) is 4.79 Å². The predicted molar refractivity (Wildman–Crippen MR) is 108 cm³/mol. The number of piperazine rings is 1. The zero-order valence-electron chi connectivity index (χ0n) is 15.7. The average Bonchev–Trinajstić information content (AvgIpc) is 2.68. The van der Waals surface area contributed by atoms with E-state index in [4.69, 9.17) is 10.5 Å². The first-order valence-corrected chi connectivity index (χ1v) is 9.61. The van der Waals surface area contributed by atoms with E-state index in [0.29, 0.717) is 5.92 Å². The van der Waals surface area contributed by atoms with Gasteiger partial charge in [-0.25, -0.2) is 0 Å². The minimum absolute atomic E-state index is 0. The van der Waals surface area contributed by atoms with Crippen molar-refractivity contribution in [3.63, 3.8) is 0 Å². The van der Waals surface area contributed by atoms with Crippen molar-refractivity contribution >= 4 is 24.0 Å². The number of nitrogens with zero attached hydrogens (tertiary/aromatic N) is 2. The molecule has 2 fully saturated rings. The van der Waals surface area contributed by atoms with Crippen LogP contribution >= 0.6 is 12.4 Å². The van der Waals surface area contributed by atoms with E-state index in [1.807, 2.05) is 23.1 Å². The molecule has 1 saturated heterocycles. The highest BCUT2D eigenvalue weighted by atomic mass is 35.5. The minimum atomic E-state index is -0.332. The van der Waals surface area contributed by atoms with Gasteiger partial charge in [0.15, 0.2) is 0 Å². The lowest BCUT2D eigenvalue weighted by molar-refractivity contribution is -0.133. The standard InChI is InChI=1S/C20H31N3O2.ClH/c1-25-19-10-6-5-9-18(19)22-11-13-23(14-12-22)20(24)17(21)15-16-7-3-2-4-8-16;/h5-6,9-10,16-17H,2-4,7-8,11-15,21H2,1H3;1H. The molecule has 1 aliphatic carbocycles. The zero-order valence-corrected chi connectivity index (χ0v) is 16.5. The maximum absolute atomic E-state index is 12.7. The van der Waals surface area contributed by atoms with E-state index in [1.54, 1.807) is 7.11 Å². The van der Waals surface area contributed by atoms with Crippen LogP contribution in [-0.2, 0) is 4.79 Å². The molecule has 0 bridgehead atoms. The Balaban J connectivity index is 0.00000243. The topological polar surface area (TPSA) is 58.8 Å². The molecular formula is C20H32ClN3O2. The molecule has 5 nitrogen and oxygen atoms in total. The second-order valence-corrected chi connectivity index (χ2v) is 7.33. The maximum atomic E-state index is 12.7. The maximum Gasteiger partial charge on any atom is 0.239 e. The van der Waals surface area contributed by atoms with Crippen molar-refractivity contribution in [1.29, 1.82) is 0 Å². The minimum Gasteiger partial charge on any atom is -0.495 e. The summed E-state index contributed by atoms with van der Waals surface area (Å²) in [5, 5.41) is 0. The van der Waals surface area contributed by atoms with Gasteiger partial charge < -0.3 is 20.3 Å². The number of anilines is 1. The summed E-state index contributed by atoms with van der Waals surface area (Å²) in [7, 11) is 1.70. The van der Waals surface area contributed by atoms with Gasteiger partial charge in [-0.1, -0.05) is 44.2 Å². The molecule has 1 saturated carbocycles. The molecule has 1 atom stereocenters. The fraction of sp³-hybridized carbons (Fsp3) is 0.650. The van der Waals surface area contributed by atoms with E-state index in [0.717, 1.165) is 44.0 Å². The SMILES string of the molecule is COc1ccccc1N1CCN(C(=O)C(N)CC2CCCCC2)CC1.Cl. The summed E-state index contributed by atoms with van der Waals surface area (Å²) in [6, 6.07) is 7.72. The third kappa shape index (κ3) is 5.04. The molecule has 1 aromatic rings. The number of nitrogens with two attached hydrogens (primary N) is 1. The van der Waals surface area contributed by atoms with Gasteiger partial charge in [0, 0.05) is 26.2 Å². The summed E-state index contributed by atoms with van der Waals surface area (Å²) in [5.41, 5.74) is 7.35. The highest BCUT2D eigenvalue weighted by Crippen LogP contribution is 2.29. The second kappa shape index (κ2) is 10.0. The van der Waals surface area contributed by atoms with Crippen molar-refractivity contribution in [3.05, 3.63) is 24.3 Å². The van der Waals surface area contributed by atoms with Gasteiger partial charge in [-0.2, -0.15) is 0 Å². The summed E-state index contributed by atoms with van der Waals surface area (Å²) in [4.78, 5) is 16.9. The third-order valence-corrected chi connectivity index (χ3v) is 5.65. The Kier molecular flexibility index (Phi) is 8.04. The Morgan fingerprint density at radius 3 is 2.46 bits per heavy atom. The number of ether oxygens (including phenoxy) is 1. The molecule has 1 aliphatic heterocycles. The van der Waals surface area contributed by atoms with E-state index in [9.17, 15) is 4.79 Å². The van der Waals surface area contributed by atoms with Crippen molar-refractivity contribution < 1.29 is 9.53 Å². The van der Waals surface area contributed by atoms with Gasteiger partial charge >= 0.3 is 0 Å². The number of rotatable bonds is 5. The Hall–Kier alpha value is -1.46. The molecule has 6 heteroatoms. The lowest BCUT2D eigenvalue weighted by atomic mass is 9.84. The van der Waals surface area contributed by atoms with E-state index in [2.05, 4.69) is 11.0 Å². The molecule has 26 heavy (non-hydrogen) atoms. The lowest BCUT2D eigenvalue weighted by Gasteiger charge is -2.38. The van der Waals surface area contributed by atoms with E-state index >= 15 is 0 Å². The van der Waals surface area contributed by atoms with Crippen LogP contribution in [0.15, 0.2) is 24.3 Å². The second-order valence-electron chi connectivity index (χ2n) is 7.33. The summed E-state index contributed by atoms with van der Waals surface area (Å²) < 4.78 is 5.45. The Morgan fingerprint density at radius 2 is 1.81 bits per heavy atom. The molecule has 0 spiro atoms. The van der Waals surface area contributed by atoms with Gasteiger partial charge in [0.25, 0.3) is 0 Å². The molecule has 1 unspecified atom stereocenters. The number of methoxy groups -OCH3 is 1. The number of amides is 1. The fourth-order valence-corrected chi connectivity index (χ4v) is 4.18. The number of hydrogen-bond acceptors (Lipinski definition) is 4. The Labute approximate surface area is 163 Å². The Bertz CT molecular complexity index is 570. The Morgan fingerprint density at radius 1 is 1.15 bits per heavy atom. The first kappa shape index (κ1) is 20.8. The highest BCUT2D eigenvalue weighted by Gasteiger charge is 2.28. The molecule has 1 amide bonds. The van der Waals surface area contributed by atoms with Crippen LogP contribution < -0.4 is 15.4 Å². The van der Waals surface area contributed by atoms with E-state index in [-0.39, 0.29) is 24.4 Å². The van der Waals surface area contributed by atoms with Crippen molar-refractivity contribution in [2.45, 2.75) is 44.6 Å². The monoisotopic (exact) mass is 381 g/mol. The van der Waals surface area contributed by atoms with E-state index in [1.165, 1.54) is 32.1 Å². The number of carbonyl (C=O) groups excluding carboxylic acids is 1. The normalized spacial score (nSPS) is 19.6. The molecule has 3 rings (SSSR count). The zero-order chi connectivity index (χ0) is 17.6. The predicted octanol–water partition coefficient (Wildman–Crippen LogP) is 3.06. The average molecular weight is 382 g/mol. The summed E-state index contributed by atoms with van der Waals surface area (Å²) in [6.07, 6.45) is 7.26. The van der Waals surface area contributed by atoms with Crippen molar-refractivity contribution in [2.24, 2.45) is 11.7 Å². The highest BCUT2D eigenvalue weighted by molar-refractivity contribution is 5.85. The molecule has 0 radical (unpaired) electrons. The summed E-state index contributed by atoms with van der Waals surface area (Å²) in [6.45, 7) is 3.11. The number of halogens is 1. The van der Waals surface area contributed by atoms with Gasteiger partial charge in [0.05, 0.1) is 18.8 Å². The van der Waals surface area contributed by atoms with Crippen LogP contribution in [0.2, 0.25) is 0 Å². The molecule has 146 valence electrons. The van der Waals surface area contributed by atoms with Gasteiger partial charge in [0.1, 0.15) is 5.75 Å². The number of carbonyl (C=O) groups is 1. The summed E-state index contributed by atoms with van der Waals surface area (Å²) in [5.74, 6) is 1.66. The molecule has 1 heterocycles. The van der Waals surface area contributed by atoms with Crippen LogP contribution in [0.4, 0.5) is 5.69 Å². The van der Waals surface area contributed by atoms with Crippen LogP contribution in [-0.4, -0.2) is 50.1 Å². The lowest BCUT2D eigenvalue weighted by Crippen LogP contribution is -2.53. The number of para-hydroxylation sites is 2. The third-order valence-electron chi connectivity index (χ3n) is 5.65. The molecule has 2 N–H and O–H groups in total. The molecular weight excluding hydrogens is 350 g/mol. The van der Waals surface area contributed by atoms with Crippen LogP contribution in [0.1, 0.15) is 38.5 Å². The van der Waals surface area contributed by atoms with Gasteiger partial charge in [0.2, 0.25) is 5.91 Å². The largest absolute Gasteiger partial charge is 0.495 e. The van der Waals surface area contributed by atoms with Crippen molar-refractivity contribution in [1.82, 2.24) is 4.90 Å². The van der Waals surface area contributed by atoms with Crippen LogP contribution in [0.25, 0.3) is 0 Å². The smallest absolute Gasteiger partial charge is 0.239 e. The quantitative estimate of drug-likeness (QED) is 0.851. The van der Waals surface area contributed by atoms with E-state index < -0.39 is 0 Å². The number of benzene rings is 1.